The summed E-state index contributed by atoms with van der Waals surface area (Å²) in [7, 11) is 0. The van der Waals surface area contributed by atoms with Crippen LogP contribution in [0.15, 0.2) is 34.3 Å². The number of nitrogens with zero attached hydrogens (tertiary/aromatic N) is 3. The van der Waals surface area contributed by atoms with E-state index in [2.05, 4.69) is 36.6 Å². The first-order valence-corrected chi connectivity index (χ1v) is 20.7. The number of hydrogen-bond donors (Lipinski definition) is 13. The number of phenolic OH excluding ortho intramolecular Hbond substituents is 1. The Hall–Kier alpha value is -6.23. The summed E-state index contributed by atoms with van der Waals surface area (Å²) in [6, 6.07) is -2.08. The van der Waals surface area contributed by atoms with Crippen molar-refractivity contribution in [2.45, 2.75) is 121 Å². The molecule has 2 rings (SSSR count). The highest BCUT2D eigenvalue weighted by Gasteiger charge is 2.38. The van der Waals surface area contributed by atoms with Gasteiger partial charge in [-0.1, -0.05) is 32.9 Å². The number of nitrogens with one attached hydrogen (secondary N) is 5. The SMILES string of the molecule is CCC(NC(=O)C(CCCN=C(N)N)NC(=O)C1CCCN1C(=O)C(N)CCCN=C(N)N)C(=O)NC(Cc1ccc(O)cc1)C(=O)NC(CN)C(=O)NC(CC(C)C)C(N)=O. The lowest BCUT2D eigenvalue weighted by atomic mass is 10.0. The van der Waals surface area contributed by atoms with Gasteiger partial charge in [-0.15, -0.1) is 0 Å². The molecule has 1 aliphatic heterocycles. The Balaban J connectivity index is 2.29. The number of amides is 7. The van der Waals surface area contributed by atoms with Gasteiger partial charge in [0.05, 0.1) is 6.04 Å². The summed E-state index contributed by atoms with van der Waals surface area (Å²) in [5.41, 5.74) is 39.7. The van der Waals surface area contributed by atoms with Crippen molar-refractivity contribution in [2.75, 3.05) is 26.2 Å². The number of aromatic hydroxyl groups is 1. The zero-order chi connectivity index (χ0) is 46.5. The summed E-state index contributed by atoms with van der Waals surface area (Å²) in [5, 5.41) is 22.9. The molecule has 7 atom stereocenters. The maximum atomic E-state index is 13.9. The minimum atomic E-state index is -1.33. The van der Waals surface area contributed by atoms with E-state index in [9.17, 15) is 38.7 Å². The number of phenols is 1. The number of hydrogen-bond acceptors (Lipinski definition) is 12. The fraction of sp³-hybridized carbons (Fsp3) is 0.615. The summed E-state index contributed by atoms with van der Waals surface area (Å²) in [6.45, 7) is 5.61. The lowest BCUT2D eigenvalue weighted by molar-refractivity contribution is -0.140. The van der Waals surface area contributed by atoms with Crippen molar-refractivity contribution in [3.05, 3.63) is 29.8 Å². The molecule has 7 unspecified atom stereocenters. The second-order valence-corrected chi connectivity index (χ2v) is 15.5. The van der Waals surface area contributed by atoms with Crippen LogP contribution in [-0.2, 0) is 40.0 Å². The van der Waals surface area contributed by atoms with Crippen LogP contribution in [0.1, 0.15) is 77.7 Å². The van der Waals surface area contributed by atoms with Crippen LogP contribution < -0.4 is 66.7 Å². The zero-order valence-corrected chi connectivity index (χ0v) is 35.8. The largest absolute Gasteiger partial charge is 0.508 e. The van der Waals surface area contributed by atoms with Crippen LogP contribution in [-0.4, -0.2) is 132 Å². The van der Waals surface area contributed by atoms with Crippen molar-refractivity contribution in [1.82, 2.24) is 31.5 Å². The standard InChI is InChI=1S/C39H67N15O8/c1-4-25(32(57)52-28(19-22-11-13-23(55)14-12-22)34(59)53-29(20-40)35(60)51-27(31(42)56)18-21(2)3)49-33(58)26(9-6-16-48-39(45)46)50-36(61)30-10-7-17-54(30)37(62)24(41)8-5-15-47-38(43)44/h11-14,21,24-30,55H,4-10,15-20,40-41H2,1-3H3,(H2,42,56)(H,49,58)(H,50,61)(H,51,60)(H,52,57)(H,53,59)(H4,43,44,47)(H4,45,46,48). The highest BCUT2D eigenvalue weighted by molar-refractivity contribution is 5.97. The van der Waals surface area contributed by atoms with E-state index in [0.717, 1.165) is 0 Å². The Bertz CT molecular complexity index is 1730. The van der Waals surface area contributed by atoms with Crippen molar-refractivity contribution >= 4 is 53.3 Å². The minimum absolute atomic E-state index is 0.00426. The molecule has 23 nitrogen and oxygen atoms in total. The Labute approximate surface area is 361 Å². The maximum Gasteiger partial charge on any atom is 0.244 e. The predicted molar refractivity (Wildman–Crippen MR) is 232 cm³/mol. The van der Waals surface area contributed by atoms with Gasteiger partial charge in [-0.05, 0) is 75.0 Å². The number of rotatable bonds is 26. The van der Waals surface area contributed by atoms with Crippen molar-refractivity contribution in [1.29, 1.82) is 0 Å². The molecule has 0 radical (unpaired) electrons. The Morgan fingerprint density at radius 1 is 0.742 bits per heavy atom. The number of guanidine groups is 2. The average Bonchev–Trinajstić information content (AvgIpc) is 3.71. The van der Waals surface area contributed by atoms with Crippen LogP contribution in [0, 0.1) is 5.92 Å². The maximum absolute atomic E-state index is 13.9. The fourth-order valence-electron chi connectivity index (χ4n) is 6.67. The third kappa shape index (κ3) is 17.8. The lowest BCUT2D eigenvalue weighted by Crippen LogP contribution is -2.61. The lowest BCUT2D eigenvalue weighted by Gasteiger charge is -2.29. The van der Waals surface area contributed by atoms with Crippen LogP contribution in [0.3, 0.4) is 0 Å². The number of carbonyl (C=O) groups is 7. The van der Waals surface area contributed by atoms with Gasteiger partial charge >= 0.3 is 0 Å². The highest BCUT2D eigenvalue weighted by Crippen LogP contribution is 2.20. The quantitative estimate of drug-likeness (QED) is 0.0238. The van der Waals surface area contributed by atoms with Crippen molar-refractivity contribution in [3.8, 4) is 5.75 Å². The summed E-state index contributed by atoms with van der Waals surface area (Å²) < 4.78 is 0. The van der Waals surface area contributed by atoms with Gasteiger partial charge in [-0.25, -0.2) is 0 Å². The molecule has 20 N–H and O–H groups in total. The van der Waals surface area contributed by atoms with Crippen LogP contribution in [0.2, 0.25) is 0 Å². The second kappa shape index (κ2) is 26.2. The third-order valence-electron chi connectivity index (χ3n) is 9.99. The van der Waals surface area contributed by atoms with Crippen LogP contribution in [0.5, 0.6) is 5.75 Å². The Kier molecular flexibility index (Phi) is 21.9. The molecule has 1 fully saturated rings. The zero-order valence-electron chi connectivity index (χ0n) is 35.8. The molecule has 346 valence electrons. The van der Waals surface area contributed by atoms with Gasteiger partial charge in [-0.3, -0.25) is 43.5 Å². The van der Waals surface area contributed by atoms with E-state index in [4.69, 9.17) is 40.1 Å². The molecule has 1 aromatic rings. The summed E-state index contributed by atoms with van der Waals surface area (Å²) in [6.07, 6.45) is 2.01. The molecule has 0 aliphatic carbocycles. The molecular weight excluding hydrogens is 807 g/mol. The van der Waals surface area contributed by atoms with Crippen molar-refractivity contribution < 1.29 is 38.7 Å². The van der Waals surface area contributed by atoms with Gasteiger partial charge in [0.25, 0.3) is 0 Å². The van der Waals surface area contributed by atoms with Gasteiger partial charge in [0.1, 0.15) is 42.0 Å². The number of aliphatic imine (C=N–C) groups is 2. The normalized spacial score (nSPS) is 16.4. The molecule has 62 heavy (non-hydrogen) atoms. The molecule has 1 aromatic carbocycles. The predicted octanol–water partition coefficient (Wildman–Crippen LogP) is -4.32. The Morgan fingerprint density at radius 2 is 1.26 bits per heavy atom. The molecular formula is C39H67N15O8. The molecule has 7 amide bonds. The van der Waals surface area contributed by atoms with E-state index in [0.29, 0.717) is 24.8 Å². The molecule has 0 bridgehead atoms. The summed E-state index contributed by atoms with van der Waals surface area (Å²) in [4.78, 5) is 103. The molecule has 1 saturated heterocycles. The van der Waals surface area contributed by atoms with E-state index in [1.165, 1.54) is 29.2 Å². The molecule has 1 aliphatic rings. The first-order chi connectivity index (χ1) is 29.3. The van der Waals surface area contributed by atoms with Crippen LogP contribution in [0.4, 0.5) is 0 Å². The first-order valence-electron chi connectivity index (χ1n) is 20.7. The number of likely N-dealkylation sites (tertiary alicyclic amines) is 1. The van der Waals surface area contributed by atoms with E-state index < -0.39 is 83.6 Å². The van der Waals surface area contributed by atoms with Crippen LogP contribution in [0.25, 0.3) is 0 Å². The topological polar surface area (TPSA) is 410 Å². The summed E-state index contributed by atoms with van der Waals surface area (Å²) in [5.74, 6) is -5.17. The van der Waals surface area contributed by atoms with Crippen molar-refractivity contribution in [2.24, 2.45) is 56.0 Å². The van der Waals surface area contributed by atoms with Gasteiger partial charge in [0.15, 0.2) is 11.9 Å². The molecule has 0 spiro atoms. The Morgan fingerprint density at radius 3 is 1.81 bits per heavy atom. The monoisotopic (exact) mass is 874 g/mol. The van der Waals surface area contributed by atoms with E-state index in [1.807, 2.05) is 13.8 Å². The van der Waals surface area contributed by atoms with Gasteiger partial charge in [0.2, 0.25) is 41.4 Å². The van der Waals surface area contributed by atoms with E-state index in [1.54, 1.807) is 6.92 Å². The summed E-state index contributed by atoms with van der Waals surface area (Å²) >= 11 is 0. The van der Waals surface area contributed by atoms with Gasteiger partial charge in [0, 0.05) is 32.6 Å². The number of carbonyl (C=O) groups excluding carboxylic acids is 7. The van der Waals surface area contributed by atoms with Gasteiger partial charge in [-0.2, -0.15) is 0 Å². The van der Waals surface area contributed by atoms with Crippen molar-refractivity contribution in [3.63, 3.8) is 0 Å². The second-order valence-electron chi connectivity index (χ2n) is 15.5. The molecule has 1 heterocycles. The number of benzene rings is 1. The average molecular weight is 874 g/mol. The van der Waals surface area contributed by atoms with E-state index >= 15 is 0 Å². The number of nitrogens with two attached hydrogens (primary N) is 7. The minimum Gasteiger partial charge on any atom is -0.508 e. The van der Waals surface area contributed by atoms with E-state index in [-0.39, 0.29) is 88.3 Å². The third-order valence-corrected chi connectivity index (χ3v) is 9.99. The van der Waals surface area contributed by atoms with Gasteiger partial charge < -0.3 is 76.7 Å². The first kappa shape index (κ1) is 51.9. The highest BCUT2D eigenvalue weighted by atomic mass is 16.3. The molecule has 0 saturated carbocycles. The molecule has 0 aromatic heterocycles. The fourth-order valence-corrected chi connectivity index (χ4v) is 6.67. The molecule has 23 heteroatoms. The number of primary amides is 1. The van der Waals surface area contributed by atoms with Crippen LogP contribution >= 0.6 is 0 Å². The smallest absolute Gasteiger partial charge is 0.244 e.